The fourth-order valence-electron chi connectivity index (χ4n) is 2.38. The minimum absolute atomic E-state index is 0.116. The van der Waals surface area contributed by atoms with E-state index >= 15 is 0 Å². The van der Waals surface area contributed by atoms with Gasteiger partial charge < -0.3 is 9.84 Å². The number of thioether (sulfide) groups is 1. The fourth-order valence-corrected chi connectivity index (χ4v) is 4.01. The fraction of sp³-hybridized carbons (Fsp3) is 0.615. The first-order chi connectivity index (χ1) is 11.2. The zero-order chi connectivity index (χ0) is 16.1. The van der Waals surface area contributed by atoms with Crippen LogP contribution in [0.4, 0.5) is 11.1 Å². The van der Waals surface area contributed by atoms with Gasteiger partial charge in [0.25, 0.3) is 0 Å². The van der Waals surface area contributed by atoms with Crippen LogP contribution in [0.1, 0.15) is 37.9 Å². The van der Waals surface area contributed by atoms with Crippen LogP contribution in [-0.4, -0.2) is 38.0 Å². The monoisotopic (exact) mass is 354 g/mol. The molecule has 0 saturated heterocycles. The standard InChI is InChI=1S/C13H18N6O2S2/c1-8-14-11(21-19-8)16-10(20)7-22-13-18-17-12(23-13)15-9-5-3-2-4-6-9/h9H,2-7H2,1H3,(H,15,17)(H,14,16,19,20). The molecular formula is C13H18N6O2S2. The second-order valence-corrected chi connectivity index (χ2v) is 7.54. The highest BCUT2D eigenvalue weighted by atomic mass is 32.2. The molecule has 2 heterocycles. The maximum atomic E-state index is 11.8. The van der Waals surface area contributed by atoms with E-state index in [0.29, 0.717) is 11.9 Å². The summed E-state index contributed by atoms with van der Waals surface area (Å²) in [5, 5.41) is 18.7. The van der Waals surface area contributed by atoms with E-state index in [9.17, 15) is 4.79 Å². The second-order valence-electron chi connectivity index (χ2n) is 5.34. The summed E-state index contributed by atoms with van der Waals surface area (Å²) >= 11 is 2.82. The molecule has 1 amide bonds. The van der Waals surface area contributed by atoms with Crippen LogP contribution in [0.25, 0.3) is 0 Å². The smallest absolute Gasteiger partial charge is 0.328 e. The van der Waals surface area contributed by atoms with Gasteiger partial charge in [0, 0.05) is 6.04 Å². The number of nitrogens with one attached hydrogen (secondary N) is 2. The van der Waals surface area contributed by atoms with Crippen LogP contribution in [-0.2, 0) is 4.79 Å². The highest BCUT2D eigenvalue weighted by Gasteiger charge is 2.16. The van der Waals surface area contributed by atoms with Gasteiger partial charge in [-0.15, -0.1) is 10.2 Å². The number of carbonyl (C=O) groups excluding carboxylic acids is 1. The molecule has 1 fully saturated rings. The highest BCUT2D eigenvalue weighted by Crippen LogP contribution is 2.28. The Labute approximate surface area is 141 Å². The average Bonchev–Trinajstić information content (AvgIpc) is 3.15. The van der Waals surface area contributed by atoms with Gasteiger partial charge in [-0.1, -0.05) is 47.5 Å². The lowest BCUT2D eigenvalue weighted by Gasteiger charge is -2.21. The molecule has 0 aliphatic heterocycles. The Kier molecular flexibility index (Phi) is 5.44. The van der Waals surface area contributed by atoms with Gasteiger partial charge >= 0.3 is 6.01 Å². The third-order valence-electron chi connectivity index (χ3n) is 3.44. The van der Waals surface area contributed by atoms with Gasteiger partial charge in [0.15, 0.2) is 10.2 Å². The summed E-state index contributed by atoms with van der Waals surface area (Å²) < 4.78 is 5.60. The zero-order valence-electron chi connectivity index (χ0n) is 12.7. The molecule has 2 aromatic rings. The van der Waals surface area contributed by atoms with Gasteiger partial charge in [-0.05, 0) is 19.8 Å². The molecule has 1 aliphatic rings. The first kappa shape index (κ1) is 16.2. The molecule has 0 aromatic carbocycles. The van der Waals surface area contributed by atoms with Gasteiger partial charge in [-0.2, -0.15) is 4.98 Å². The Morgan fingerprint density at radius 2 is 2.17 bits per heavy atom. The number of amides is 1. The topological polar surface area (TPSA) is 106 Å². The quantitative estimate of drug-likeness (QED) is 0.763. The number of carbonyl (C=O) groups is 1. The van der Waals surface area contributed by atoms with Crippen LogP contribution in [0.3, 0.4) is 0 Å². The molecule has 8 nitrogen and oxygen atoms in total. The molecule has 0 spiro atoms. The van der Waals surface area contributed by atoms with Crippen molar-refractivity contribution < 1.29 is 9.32 Å². The Hall–Kier alpha value is -1.68. The number of aromatic nitrogens is 4. The third kappa shape index (κ3) is 4.90. The molecule has 124 valence electrons. The van der Waals surface area contributed by atoms with Crippen LogP contribution >= 0.6 is 23.1 Å². The molecule has 0 bridgehead atoms. The van der Waals surface area contributed by atoms with E-state index in [1.807, 2.05) is 0 Å². The molecule has 0 unspecified atom stereocenters. The van der Waals surface area contributed by atoms with Crippen molar-refractivity contribution >= 4 is 40.2 Å². The lowest BCUT2D eigenvalue weighted by atomic mass is 9.96. The van der Waals surface area contributed by atoms with Crippen LogP contribution in [0, 0.1) is 6.92 Å². The Morgan fingerprint density at radius 3 is 2.91 bits per heavy atom. The molecule has 3 rings (SSSR count). The van der Waals surface area contributed by atoms with E-state index in [4.69, 9.17) is 4.52 Å². The van der Waals surface area contributed by atoms with Crippen molar-refractivity contribution in [2.24, 2.45) is 0 Å². The molecule has 10 heteroatoms. The number of hydrogen-bond acceptors (Lipinski definition) is 9. The van der Waals surface area contributed by atoms with Crippen molar-refractivity contribution in [3.63, 3.8) is 0 Å². The van der Waals surface area contributed by atoms with Crippen molar-refractivity contribution in [3.05, 3.63) is 5.82 Å². The van der Waals surface area contributed by atoms with Crippen molar-refractivity contribution in [1.29, 1.82) is 0 Å². The first-order valence-electron chi connectivity index (χ1n) is 7.52. The Bertz CT molecular complexity index is 652. The first-order valence-corrected chi connectivity index (χ1v) is 9.32. The number of aryl methyl sites for hydroxylation is 1. The highest BCUT2D eigenvalue weighted by molar-refractivity contribution is 8.01. The molecule has 0 radical (unpaired) electrons. The number of hydrogen-bond donors (Lipinski definition) is 2. The van der Waals surface area contributed by atoms with Gasteiger partial charge in [0.1, 0.15) is 0 Å². The van der Waals surface area contributed by atoms with Gasteiger partial charge in [0.2, 0.25) is 11.0 Å². The number of anilines is 2. The van der Waals surface area contributed by atoms with Crippen LogP contribution in [0.5, 0.6) is 0 Å². The lowest BCUT2D eigenvalue weighted by molar-refractivity contribution is -0.114. The molecule has 1 aliphatic carbocycles. The van der Waals surface area contributed by atoms with E-state index in [-0.39, 0.29) is 17.7 Å². The van der Waals surface area contributed by atoms with Crippen LogP contribution in [0.15, 0.2) is 8.86 Å². The predicted octanol–water partition coefficient (Wildman–Crippen LogP) is 2.70. The minimum Gasteiger partial charge on any atom is -0.357 e. The minimum atomic E-state index is -0.212. The molecule has 23 heavy (non-hydrogen) atoms. The van der Waals surface area contributed by atoms with Crippen LogP contribution in [0.2, 0.25) is 0 Å². The molecule has 2 aromatic heterocycles. The summed E-state index contributed by atoms with van der Waals surface area (Å²) in [7, 11) is 0. The molecule has 0 atom stereocenters. The summed E-state index contributed by atoms with van der Waals surface area (Å²) in [6.07, 6.45) is 6.24. The number of rotatable bonds is 6. The van der Waals surface area contributed by atoms with Crippen molar-refractivity contribution in [2.75, 3.05) is 16.4 Å². The van der Waals surface area contributed by atoms with Gasteiger partial charge in [0.05, 0.1) is 5.75 Å². The van der Waals surface area contributed by atoms with Gasteiger partial charge in [-0.25, -0.2) is 0 Å². The molecule has 1 saturated carbocycles. The SMILES string of the molecule is Cc1noc(NC(=O)CSc2nnc(NC3CCCCC3)s2)n1. The average molecular weight is 354 g/mol. The molecule has 2 N–H and O–H groups in total. The third-order valence-corrected chi connectivity index (χ3v) is 5.43. The van der Waals surface area contributed by atoms with E-state index in [0.717, 1.165) is 9.47 Å². The van der Waals surface area contributed by atoms with Crippen molar-refractivity contribution in [2.45, 2.75) is 49.4 Å². The van der Waals surface area contributed by atoms with E-state index in [1.54, 1.807) is 6.92 Å². The van der Waals surface area contributed by atoms with E-state index in [1.165, 1.54) is 55.2 Å². The summed E-state index contributed by atoms with van der Waals surface area (Å²) in [5.74, 6) is 0.491. The summed E-state index contributed by atoms with van der Waals surface area (Å²) in [6.45, 7) is 1.69. The summed E-state index contributed by atoms with van der Waals surface area (Å²) in [6, 6.07) is 0.614. The van der Waals surface area contributed by atoms with E-state index < -0.39 is 0 Å². The summed E-state index contributed by atoms with van der Waals surface area (Å²) in [5.41, 5.74) is 0. The predicted molar refractivity (Wildman–Crippen MR) is 88.8 cm³/mol. The Balaban J connectivity index is 1.44. The largest absolute Gasteiger partial charge is 0.357 e. The van der Waals surface area contributed by atoms with Crippen molar-refractivity contribution in [3.8, 4) is 0 Å². The summed E-state index contributed by atoms with van der Waals surface area (Å²) in [4.78, 5) is 15.7. The van der Waals surface area contributed by atoms with Crippen molar-refractivity contribution in [1.82, 2.24) is 20.3 Å². The number of nitrogens with zero attached hydrogens (tertiary/aromatic N) is 4. The Morgan fingerprint density at radius 1 is 1.35 bits per heavy atom. The lowest BCUT2D eigenvalue weighted by Crippen LogP contribution is -2.21. The maximum absolute atomic E-state index is 11.8. The molecular weight excluding hydrogens is 336 g/mol. The maximum Gasteiger partial charge on any atom is 0.328 e. The van der Waals surface area contributed by atoms with Gasteiger partial charge in [-0.3, -0.25) is 10.1 Å². The van der Waals surface area contributed by atoms with E-state index in [2.05, 4.69) is 31.0 Å². The second kappa shape index (κ2) is 7.73. The van der Waals surface area contributed by atoms with Crippen LogP contribution < -0.4 is 10.6 Å². The zero-order valence-corrected chi connectivity index (χ0v) is 14.4. The normalized spacial score (nSPS) is 15.5.